The zero-order valence-electron chi connectivity index (χ0n) is 6.92. The third kappa shape index (κ3) is 1.87. The molecule has 0 spiro atoms. The summed E-state index contributed by atoms with van der Waals surface area (Å²) in [5.41, 5.74) is 4.06. The van der Waals surface area contributed by atoms with Crippen molar-refractivity contribution in [2.75, 3.05) is 0 Å². The van der Waals surface area contributed by atoms with E-state index in [1.165, 1.54) is 16.7 Å². The van der Waals surface area contributed by atoms with Crippen molar-refractivity contribution in [1.29, 1.82) is 0 Å². The Hall–Kier alpha value is -0.690. The second kappa shape index (κ2) is 3.63. The summed E-state index contributed by atoms with van der Waals surface area (Å²) in [7, 11) is 0. The molecule has 0 aliphatic carbocycles. The molecule has 1 aromatic rings. The van der Waals surface area contributed by atoms with Crippen molar-refractivity contribution < 1.29 is 0 Å². The van der Waals surface area contributed by atoms with Gasteiger partial charge in [0.05, 0.1) is 0 Å². The maximum absolute atomic E-state index is 4.83. The fraction of sp³-hybridized carbons (Fsp3) is 0.300. The van der Waals surface area contributed by atoms with Gasteiger partial charge in [0.25, 0.3) is 0 Å². The minimum atomic E-state index is 0.911. The van der Waals surface area contributed by atoms with Gasteiger partial charge in [-0.15, -0.1) is 0 Å². The van der Waals surface area contributed by atoms with Crippen molar-refractivity contribution in [3.63, 3.8) is 0 Å². The normalized spacial score (nSPS) is 9.64. The van der Waals surface area contributed by atoms with E-state index in [0.717, 1.165) is 6.42 Å². The van der Waals surface area contributed by atoms with Gasteiger partial charge >= 0.3 is 0 Å². The molecule has 0 aliphatic rings. The number of aryl methyl sites for hydroxylation is 2. The summed E-state index contributed by atoms with van der Waals surface area (Å²) in [4.78, 5) is 0. The Balaban J connectivity index is 3.09. The summed E-state index contributed by atoms with van der Waals surface area (Å²) >= 11 is 4.83. The van der Waals surface area contributed by atoms with Crippen LogP contribution in [0.2, 0.25) is 0 Å². The highest BCUT2D eigenvalue weighted by Crippen LogP contribution is 2.12. The molecule has 0 aromatic heterocycles. The third-order valence-electron chi connectivity index (χ3n) is 1.93. The number of hydrogen-bond acceptors (Lipinski definition) is 1. The molecule has 0 unspecified atom stereocenters. The minimum Gasteiger partial charge on any atom is -0.0931 e. The Bertz CT molecular complexity index is 243. The molecule has 0 atom stereocenters. The van der Waals surface area contributed by atoms with Crippen molar-refractivity contribution in [3.05, 3.63) is 34.9 Å². The molecule has 1 aromatic carbocycles. The summed E-state index contributed by atoms with van der Waals surface area (Å²) < 4.78 is 0. The average molecular weight is 164 g/mol. The lowest BCUT2D eigenvalue weighted by Gasteiger charge is -2.05. The van der Waals surface area contributed by atoms with Gasteiger partial charge in [-0.3, -0.25) is 0 Å². The third-order valence-corrected chi connectivity index (χ3v) is 2.10. The van der Waals surface area contributed by atoms with Gasteiger partial charge in [-0.1, -0.05) is 30.4 Å². The molecule has 0 nitrogen and oxygen atoms in total. The molecule has 0 saturated heterocycles. The Morgan fingerprint density at radius 1 is 1.27 bits per heavy atom. The molecule has 58 valence electrons. The zero-order valence-corrected chi connectivity index (χ0v) is 7.74. The van der Waals surface area contributed by atoms with Gasteiger partial charge < -0.3 is 0 Å². The molecule has 0 radical (unpaired) electrons. The van der Waals surface area contributed by atoms with Crippen LogP contribution in [0.25, 0.3) is 0 Å². The monoisotopic (exact) mass is 164 g/mol. The molecule has 0 heterocycles. The number of benzene rings is 1. The van der Waals surface area contributed by atoms with Crippen molar-refractivity contribution in [2.24, 2.45) is 0 Å². The molecule has 0 amide bonds. The highest BCUT2D eigenvalue weighted by molar-refractivity contribution is 7.78. The first-order valence-electron chi connectivity index (χ1n) is 3.74. The first kappa shape index (κ1) is 8.41. The molecule has 0 fully saturated rings. The minimum absolute atomic E-state index is 0.911. The summed E-state index contributed by atoms with van der Waals surface area (Å²) in [6, 6.07) is 6.33. The van der Waals surface area contributed by atoms with E-state index >= 15 is 0 Å². The Morgan fingerprint density at radius 3 is 2.27 bits per heavy atom. The Kier molecular flexibility index (Phi) is 2.77. The fourth-order valence-electron chi connectivity index (χ4n) is 1.25. The van der Waals surface area contributed by atoms with E-state index in [1.54, 1.807) is 5.37 Å². The van der Waals surface area contributed by atoms with Gasteiger partial charge in [0.2, 0.25) is 0 Å². The van der Waals surface area contributed by atoms with Crippen LogP contribution in [0, 0.1) is 13.8 Å². The number of hydrogen-bond donors (Lipinski definition) is 0. The van der Waals surface area contributed by atoms with Crippen molar-refractivity contribution in [1.82, 2.24) is 0 Å². The fourth-order valence-corrected chi connectivity index (χ4v) is 1.42. The molecule has 1 rings (SSSR count). The van der Waals surface area contributed by atoms with Crippen molar-refractivity contribution in [3.8, 4) is 0 Å². The largest absolute Gasteiger partial charge is 0.0931 e. The van der Waals surface area contributed by atoms with Gasteiger partial charge in [0, 0.05) is 6.42 Å². The average Bonchev–Trinajstić information content (AvgIpc) is 1.97. The van der Waals surface area contributed by atoms with Crippen molar-refractivity contribution >= 4 is 17.6 Å². The first-order valence-corrected chi connectivity index (χ1v) is 4.21. The van der Waals surface area contributed by atoms with Crippen LogP contribution in [-0.2, 0) is 6.42 Å². The van der Waals surface area contributed by atoms with Crippen LogP contribution in [0.5, 0.6) is 0 Å². The standard InChI is InChI=1S/C10H12S/c1-8-4-3-5-9(2)10(8)6-7-11/h3-5,7H,6H2,1-2H3. The van der Waals surface area contributed by atoms with Crippen molar-refractivity contribution in [2.45, 2.75) is 20.3 Å². The first-order chi connectivity index (χ1) is 5.25. The van der Waals surface area contributed by atoms with Gasteiger partial charge in [-0.2, -0.15) is 0 Å². The van der Waals surface area contributed by atoms with E-state index < -0.39 is 0 Å². The lowest BCUT2D eigenvalue weighted by molar-refractivity contribution is 1.22. The number of rotatable bonds is 2. The Labute approximate surface area is 73.2 Å². The van der Waals surface area contributed by atoms with E-state index in [1.807, 2.05) is 0 Å². The quantitative estimate of drug-likeness (QED) is 0.606. The lowest BCUT2D eigenvalue weighted by atomic mass is 10.0. The van der Waals surface area contributed by atoms with Crippen LogP contribution in [0.1, 0.15) is 16.7 Å². The van der Waals surface area contributed by atoms with Crippen LogP contribution in [0.3, 0.4) is 0 Å². The van der Waals surface area contributed by atoms with E-state index in [2.05, 4.69) is 32.0 Å². The van der Waals surface area contributed by atoms with Crippen LogP contribution in [0.15, 0.2) is 18.2 Å². The molecular weight excluding hydrogens is 152 g/mol. The molecule has 0 aliphatic heterocycles. The predicted octanol–water partition coefficient (Wildman–Crippen LogP) is 2.85. The maximum Gasteiger partial charge on any atom is 0.00130 e. The van der Waals surface area contributed by atoms with E-state index in [4.69, 9.17) is 12.2 Å². The summed E-state index contributed by atoms with van der Waals surface area (Å²) in [6.07, 6.45) is 0.911. The van der Waals surface area contributed by atoms with Crippen LogP contribution in [-0.4, -0.2) is 5.37 Å². The number of thiocarbonyl (C=S) groups is 1. The predicted molar refractivity (Wildman–Crippen MR) is 53.3 cm³/mol. The summed E-state index contributed by atoms with van der Waals surface area (Å²) in [5.74, 6) is 0. The Morgan fingerprint density at radius 2 is 1.82 bits per heavy atom. The maximum atomic E-state index is 4.83. The summed E-state index contributed by atoms with van der Waals surface area (Å²) in [6.45, 7) is 4.25. The zero-order chi connectivity index (χ0) is 8.27. The molecule has 0 saturated carbocycles. The molecule has 0 bridgehead atoms. The molecule has 0 N–H and O–H groups in total. The topological polar surface area (TPSA) is 0 Å². The van der Waals surface area contributed by atoms with Gasteiger partial charge in [-0.25, -0.2) is 0 Å². The van der Waals surface area contributed by atoms with Gasteiger partial charge in [0.1, 0.15) is 0 Å². The van der Waals surface area contributed by atoms with Crippen LogP contribution >= 0.6 is 12.2 Å². The highest BCUT2D eigenvalue weighted by Gasteiger charge is 1.98. The molecule has 1 heteroatoms. The smallest absolute Gasteiger partial charge is 0.00130 e. The summed E-state index contributed by atoms with van der Waals surface area (Å²) in [5, 5.41) is 1.79. The highest BCUT2D eigenvalue weighted by atomic mass is 32.1. The van der Waals surface area contributed by atoms with E-state index in [0.29, 0.717) is 0 Å². The van der Waals surface area contributed by atoms with Gasteiger partial charge in [0.15, 0.2) is 0 Å². The van der Waals surface area contributed by atoms with Gasteiger partial charge in [-0.05, 0) is 35.9 Å². The lowest BCUT2D eigenvalue weighted by Crippen LogP contribution is -1.92. The van der Waals surface area contributed by atoms with E-state index in [9.17, 15) is 0 Å². The molecular formula is C10H12S. The van der Waals surface area contributed by atoms with Crippen LogP contribution < -0.4 is 0 Å². The molecule has 11 heavy (non-hydrogen) atoms. The second-order valence-electron chi connectivity index (χ2n) is 2.74. The SMILES string of the molecule is Cc1cccc(C)c1CC=S. The van der Waals surface area contributed by atoms with E-state index in [-0.39, 0.29) is 0 Å². The second-order valence-corrected chi connectivity index (χ2v) is 3.07. The van der Waals surface area contributed by atoms with Crippen LogP contribution in [0.4, 0.5) is 0 Å².